The smallest absolute Gasteiger partial charge is 0.298 e. The highest BCUT2D eigenvalue weighted by atomic mass is 31.2. The summed E-state index contributed by atoms with van der Waals surface area (Å²) in [5.41, 5.74) is 4.86. The third-order valence-corrected chi connectivity index (χ3v) is 12.8. The number of hydrogen-bond donors (Lipinski definition) is 0. The van der Waals surface area contributed by atoms with E-state index in [-0.39, 0.29) is 25.3 Å². The van der Waals surface area contributed by atoms with Crippen LogP contribution < -0.4 is 0 Å². The topological polar surface area (TPSA) is 80.2 Å². The van der Waals surface area contributed by atoms with Crippen LogP contribution >= 0.6 is 7.66 Å². The van der Waals surface area contributed by atoms with E-state index >= 15 is 0 Å². The predicted molar refractivity (Wildman–Crippen MR) is 230 cm³/mol. The van der Waals surface area contributed by atoms with E-state index in [0.29, 0.717) is 26.4 Å². The van der Waals surface area contributed by atoms with Crippen molar-refractivity contribution in [2.24, 2.45) is 4.74 Å². The minimum Gasteiger partial charge on any atom is -0.374 e. The normalized spacial score (nSPS) is 20.7. The number of ether oxygens (including phenoxy) is 5. The van der Waals surface area contributed by atoms with Gasteiger partial charge in [-0.05, 0) is 69.0 Å². The van der Waals surface area contributed by atoms with Crippen LogP contribution in [0.1, 0.15) is 56.9 Å². The molecule has 6 atom stereocenters. The lowest BCUT2D eigenvalue weighted by molar-refractivity contribution is -0.311. The molecule has 1 heterocycles. The first-order chi connectivity index (χ1) is 28.3. The molecule has 6 rings (SSSR count). The molecule has 1 saturated heterocycles. The fourth-order valence-electron chi connectivity index (χ4n) is 7.21. The minimum atomic E-state index is -3.31. The van der Waals surface area contributed by atoms with Crippen LogP contribution in [0, 0.1) is 0 Å². The van der Waals surface area contributed by atoms with Crippen molar-refractivity contribution in [2.75, 3.05) is 13.2 Å². The van der Waals surface area contributed by atoms with E-state index in [2.05, 4.69) is 68.8 Å². The van der Waals surface area contributed by atoms with Crippen LogP contribution in [-0.4, -0.2) is 60.7 Å². The summed E-state index contributed by atoms with van der Waals surface area (Å²) in [6.45, 7) is 12.4. The van der Waals surface area contributed by atoms with Crippen LogP contribution in [0.4, 0.5) is 5.69 Å². The van der Waals surface area contributed by atoms with Gasteiger partial charge in [0.1, 0.15) is 24.4 Å². The summed E-state index contributed by atoms with van der Waals surface area (Å²) in [4.78, 5) is 0. The van der Waals surface area contributed by atoms with Gasteiger partial charge in [0.25, 0.3) is 7.66 Å². The first kappa shape index (κ1) is 43.6. The van der Waals surface area contributed by atoms with Crippen LogP contribution in [0.3, 0.4) is 0 Å². The van der Waals surface area contributed by atoms with E-state index in [1.54, 1.807) is 0 Å². The molecule has 10 heteroatoms. The van der Waals surface area contributed by atoms with E-state index in [9.17, 15) is 0 Å². The molecule has 0 saturated carbocycles. The molecule has 0 spiro atoms. The summed E-state index contributed by atoms with van der Waals surface area (Å²) < 4.78 is 56.3. The molecule has 1 fully saturated rings. The Bertz CT molecular complexity index is 1930. The largest absolute Gasteiger partial charge is 0.374 e. The molecule has 1 aliphatic heterocycles. The quantitative estimate of drug-likeness (QED) is 0.0678. The van der Waals surface area contributed by atoms with Crippen molar-refractivity contribution in [3.8, 4) is 0 Å². The van der Waals surface area contributed by atoms with Gasteiger partial charge in [0.05, 0.1) is 45.3 Å². The highest BCUT2D eigenvalue weighted by Gasteiger charge is 2.52. The van der Waals surface area contributed by atoms with Crippen molar-refractivity contribution >= 4 is 13.3 Å². The SMILES string of the molecule is CCOP(=Nc1ccccc1)(OC1O[C@H](COCc2ccccc2)[C@H](OCc2ccccc2)[C@H](OCc2ccccc2)[C@H]1OCc1ccccc1)N(C(C)C)C(C)C. The Morgan fingerprint density at radius 3 is 1.41 bits per heavy atom. The Hall–Kier alpha value is -3.99. The van der Waals surface area contributed by atoms with E-state index in [0.717, 1.165) is 27.9 Å². The van der Waals surface area contributed by atoms with Gasteiger partial charge >= 0.3 is 0 Å². The van der Waals surface area contributed by atoms with Crippen LogP contribution in [0.15, 0.2) is 156 Å². The number of hydrogen-bond acceptors (Lipinski definition) is 8. The van der Waals surface area contributed by atoms with E-state index < -0.39 is 38.4 Å². The van der Waals surface area contributed by atoms with Crippen molar-refractivity contribution in [2.45, 2.75) is 104 Å². The second-order valence-electron chi connectivity index (χ2n) is 14.8. The molecule has 5 aromatic rings. The Kier molecular flexibility index (Phi) is 16.8. The zero-order valence-electron chi connectivity index (χ0n) is 34.4. The summed E-state index contributed by atoms with van der Waals surface area (Å²) in [6.07, 6.45) is -3.68. The molecular weight excluding hydrogens is 748 g/mol. The molecule has 5 aromatic carbocycles. The molecular formula is C48H59N2O7P. The van der Waals surface area contributed by atoms with E-state index in [1.165, 1.54) is 0 Å². The Balaban J connectivity index is 1.46. The molecule has 0 aliphatic carbocycles. The lowest BCUT2D eigenvalue weighted by atomic mass is 9.98. The Morgan fingerprint density at radius 1 is 0.552 bits per heavy atom. The number of benzene rings is 5. The van der Waals surface area contributed by atoms with Gasteiger partial charge in [0.15, 0.2) is 6.29 Å². The van der Waals surface area contributed by atoms with Crippen molar-refractivity contribution in [3.05, 3.63) is 174 Å². The average Bonchev–Trinajstić information content (AvgIpc) is 3.24. The fraction of sp³-hybridized carbons (Fsp3) is 0.375. The maximum atomic E-state index is 7.41. The number of nitrogens with zero attached hydrogens (tertiary/aromatic N) is 2. The van der Waals surface area contributed by atoms with Gasteiger partial charge in [-0.1, -0.05) is 140 Å². The average molecular weight is 807 g/mol. The Morgan fingerprint density at radius 2 is 0.966 bits per heavy atom. The highest BCUT2D eigenvalue weighted by molar-refractivity contribution is 7.54. The molecule has 9 nitrogen and oxygen atoms in total. The Labute approximate surface area is 345 Å². The maximum absolute atomic E-state index is 7.41. The van der Waals surface area contributed by atoms with Crippen LogP contribution in [0.2, 0.25) is 0 Å². The maximum Gasteiger partial charge on any atom is 0.298 e. The second kappa shape index (κ2) is 22.4. The first-order valence-electron chi connectivity index (χ1n) is 20.4. The molecule has 0 bridgehead atoms. The zero-order chi connectivity index (χ0) is 40.6. The monoisotopic (exact) mass is 806 g/mol. The highest BCUT2D eigenvalue weighted by Crippen LogP contribution is 2.61. The lowest BCUT2D eigenvalue weighted by Crippen LogP contribution is -2.62. The molecule has 0 N–H and O–H groups in total. The van der Waals surface area contributed by atoms with Gasteiger partial charge in [0.2, 0.25) is 0 Å². The fourth-order valence-corrected chi connectivity index (χ4v) is 10.1. The van der Waals surface area contributed by atoms with E-state index in [1.807, 2.05) is 122 Å². The van der Waals surface area contributed by atoms with E-state index in [4.69, 9.17) is 37.5 Å². The van der Waals surface area contributed by atoms with Gasteiger partial charge in [-0.3, -0.25) is 4.52 Å². The molecule has 58 heavy (non-hydrogen) atoms. The van der Waals surface area contributed by atoms with Crippen molar-refractivity contribution in [1.29, 1.82) is 0 Å². The van der Waals surface area contributed by atoms with Gasteiger partial charge in [0, 0.05) is 12.1 Å². The standard InChI is InChI=1S/C48H59N2O7P/c1-6-55-58(50(37(2)3)38(4)5,49-43-30-20-11-21-31-43)57-48-47(54-35-42-28-18-10-19-29-42)46(53-34-41-26-16-9-17-27-41)45(52-33-40-24-14-8-15-25-40)44(56-48)36-51-32-39-22-12-7-13-23-39/h7-31,37-38,44-48H,6,32-36H2,1-5H3/t44-,45+,46+,47-,48?,58?/m1/s1. The molecule has 0 amide bonds. The minimum absolute atomic E-state index is 0.0108. The van der Waals surface area contributed by atoms with Crippen LogP contribution in [-0.2, 0) is 59.2 Å². The first-order valence-corrected chi connectivity index (χ1v) is 21.9. The molecule has 0 aromatic heterocycles. The third kappa shape index (κ3) is 12.3. The van der Waals surface area contributed by atoms with Gasteiger partial charge in [-0.25, -0.2) is 9.42 Å². The predicted octanol–water partition coefficient (Wildman–Crippen LogP) is 11.1. The molecule has 2 unspecified atom stereocenters. The van der Waals surface area contributed by atoms with Crippen LogP contribution in [0.25, 0.3) is 0 Å². The summed E-state index contributed by atoms with van der Waals surface area (Å²) in [5.74, 6) is 0. The number of rotatable bonds is 21. The summed E-state index contributed by atoms with van der Waals surface area (Å²) in [5, 5.41) is 0. The van der Waals surface area contributed by atoms with Crippen molar-refractivity contribution in [3.63, 3.8) is 0 Å². The molecule has 308 valence electrons. The molecule has 0 radical (unpaired) electrons. The van der Waals surface area contributed by atoms with Gasteiger partial charge < -0.3 is 28.2 Å². The van der Waals surface area contributed by atoms with Crippen LogP contribution in [0.5, 0.6) is 0 Å². The van der Waals surface area contributed by atoms with Gasteiger partial charge in [-0.2, -0.15) is 0 Å². The summed E-state index contributed by atoms with van der Waals surface area (Å²) in [6, 6.07) is 50.4. The van der Waals surface area contributed by atoms with Crippen molar-refractivity contribution in [1.82, 2.24) is 4.67 Å². The third-order valence-electron chi connectivity index (χ3n) is 9.73. The molecule has 1 aliphatic rings. The summed E-state index contributed by atoms with van der Waals surface area (Å²) in [7, 11) is -3.31. The second-order valence-corrected chi connectivity index (χ2v) is 17.0. The zero-order valence-corrected chi connectivity index (χ0v) is 35.3. The summed E-state index contributed by atoms with van der Waals surface area (Å²) >= 11 is 0. The lowest BCUT2D eigenvalue weighted by Gasteiger charge is -2.48. The van der Waals surface area contributed by atoms with Gasteiger partial charge in [-0.15, -0.1) is 0 Å². The van der Waals surface area contributed by atoms with Crippen molar-refractivity contribution < 1.29 is 32.7 Å².